The molecule has 1 aliphatic carbocycles. The normalized spacial score (nSPS) is 24.4. The van der Waals surface area contributed by atoms with Crippen LogP contribution >= 0.6 is 11.3 Å². The van der Waals surface area contributed by atoms with Crippen LogP contribution in [-0.4, -0.2) is 26.2 Å². The van der Waals surface area contributed by atoms with Gasteiger partial charge in [-0.25, -0.2) is 0 Å². The first-order valence-electron chi connectivity index (χ1n) is 6.06. The summed E-state index contributed by atoms with van der Waals surface area (Å²) >= 11 is 1.77. The smallest absolute Gasteiger partial charge is 0.308 e. The topological polar surface area (TPSA) is 29.5 Å². The van der Waals surface area contributed by atoms with E-state index in [-0.39, 0.29) is 11.9 Å². The maximum atomic E-state index is 11.4. The minimum Gasteiger partial charge on any atom is -0.469 e. The van der Waals surface area contributed by atoms with Crippen LogP contribution in [0, 0.1) is 5.92 Å². The first-order chi connectivity index (χ1) is 8.22. The Balaban J connectivity index is 1.89. The summed E-state index contributed by atoms with van der Waals surface area (Å²) in [5.41, 5.74) is 0. The van der Waals surface area contributed by atoms with E-state index in [1.807, 2.05) is 0 Å². The summed E-state index contributed by atoms with van der Waals surface area (Å²) in [4.78, 5) is 13.8. The molecule has 2 rings (SSSR count). The number of hydrogen-bond acceptors (Lipinski definition) is 4. The average Bonchev–Trinajstić information content (AvgIpc) is 2.91. The molecule has 0 aromatic carbocycles. The lowest BCUT2D eigenvalue weighted by Crippen LogP contribution is -2.36. The van der Waals surface area contributed by atoms with Gasteiger partial charge in [-0.1, -0.05) is 0 Å². The van der Waals surface area contributed by atoms with Crippen LogP contribution in [0.2, 0.25) is 0 Å². The van der Waals surface area contributed by atoms with Crippen molar-refractivity contribution in [3.63, 3.8) is 0 Å². The van der Waals surface area contributed by atoms with Gasteiger partial charge in [-0.05, 0) is 43.2 Å². The summed E-state index contributed by atoms with van der Waals surface area (Å²) < 4.78 is 4.81. The molecule has 1 heterocycles. The Morgan fingerprint density at radius 3 is 2.65 bits per heavy atom. The van der Waals surface area contributed by atoms with E-state index in [1.54, 1.807) is 11.3 Å². The van der Waals surface area contributed by atoms with Gasteiger partial charge in [0.1, 0.15) is 0 Å². The lowest BCUT2D eigenvalue weighted by atomic mass is 9.85. The van der Waals surface area contributed by atoms with Crippen molar-refractivity contribution in [2.75, 3.05) is 19.1 Å². The highest BCUT2D eigenvalue weighted by atomic mass is 32.1. The van der Waals surface area contributed by atoms with E-state index in [9.17, 15) is 4.79 Å². The quantitative estimate of drug-likeness (QED) is 0.776. The molecule has 1 aliphatic rings. The summed E-state index contributed by atoms with van der Waals surface area (Å²) in [6, 6.07) is 4.79. The number of methoxy groups -OCH3 is 1. The molecule has 94 valence electrons. The van der Waals surface area contributed by atoms with Gasteiger partial charge < -0.3 is 9.64 Å². The number of hydrogen-bond donors (Lipinski definition) is 0. The molecule has 1 fully saturated rings. The van der Waals surface area contributed by atoms with Gasteiger partial charge >= 0.3 is 5.97 Å². The lowest BCUT2D eigenvalue weighted by molar-refractivity contribution is -0.146. The van der Waals surface area contributed by atoms with Gasteiger partial charge in [-0.2, -0.15) is 0 Å². The minimum absolute atomic E-state index is 0.0396. The van der Waals surface area contributed by atoms with Crippen molar-refractivity contribution in [2.45, 2.75) is 31.7 Å². The Bertz CT molecular complexity index is 356. The van der Waals surface area contributed by atoms with Crippen molar-refractivity contribution >= 4 is 22.3 Å². The zero-order chi connectivity index (χ0) is 12.3. The van der Waals surface area contributed by atoms with Gasteiger partial charge in [-0.15, -0.1) is 11.3 Å². The Hall–Kier alpha value is -1.03. The minimum atomic E-state index is -0.0396. The number of thiophene rings is 1. The number of nitrogens with zero attached hydrogens (tertiary/aromatic N) is 1. The number of ether oxygens (including phenoxy) is 1. The van der Waals surface area contributed by atoms with E-state index in [1.165, 1.54) is 12.1 Å². The Morgan fingerprint density at radius 2 is 2.12 bits per heavy atom. The van der Waals surface area contributed by atoms with Gasteiger partial charge in [0.15, 0.2) is 0 Å². The first kappa shape index (κ1) is 12.4. The van der Waals surface area contributed by atoms with Crippen molar-refractivity contribution in [1.29, 1.82) is 0 Å². The molecule has 0 unspecified atom stereocenters. The molecular weight excluding hydrogens is 234 g/mol. The van der Waals surface area contributed by atoms with Crippen molar-refractivity contribution < 1.29 is 9.53 Å². The maximum absolute atomic E-state index is 11.4. The summed E-state index contributed by atoms with van der Waals surface area (Å²) in [6.07, 6.45) is 4.06. The molecule has 0 saturated heterocycles. The SMILES string of the molecule is COC(=O)C1CCC(N(C)c2cccs2)CC1. The standard InChI is InChI=1S/C13H19NO2S/c1-14(12-4-3-9-17-12)11-7-5-10(6-8-11)13(15)16-2/h3-4,9-11H,5-8H2,1-2H3. The molecule has 3 nitrogen and oxygen atoms in total. The van der Waals surface area contributed by atoms with Gasteiger partial charge in [-0.3, -0.25) is 4.79 Å². The molecule has 1 saturated carbocycles. The van der Waals surface area contributed by atoms with Crippen LogP contribution in [0.15, 0.2) is 17.5 Å². The van der Waals surface area contributed by atoms with E-state index < -0.39 is 0 Å². The Kier molecular flexibility index (Phi) is 4.05. The molecule has 17 heavy (non-hydrogen) atoms. The summed E-state index contributed by atoms with van der Waals surface area (Å²) in [5, 5.41) is 3.41. The van der Waals surface area contributed by atoms with Crippen LogP contribution in [0.25, 0.3) is 0 Å². The van der Waals surface area contributed by atoms with Crippen LogP contribution in [0.1, 0.15) is 25.7 Å². The molecule has 0 amide bonds. The number of carbonyl (C=O) groups excluding carboxylic acids is 1. The highest BCUT2D eigenvalue weighted by Crippen LogP contribution is 2.31. The van der Waals surface area contributed by atoms with E-state index in [2.05, 4.69) is 29.5 Å². The fourth-order valence-electron chi connectivity index (χ4n) is 2.52. The third-order valence-corrected chi connectivity index (χ3v) is 4.59. The number of carbonyl (C=O) groups is 1. The molecular formula is C13H19NO2S. The van der Waals surface area contributed by atoms with Crippen LogP contribution in [0.3, 0.4) is 0 Å². The lowest BCUT2D eigenvalue weighted by Gasteiger charge is -2.34. The van der Waals surface area contributed by atoms with Gasteiger partial charge in [0.2, 0.25) is 0 Å². The Labute approximate surface area is 106 Å². The first-order valence-corrected chi connectivity index (χ1v) is 6.94. The number of esters is 1. The van der Waals surface area contributed by atoms with Crippen LogP contribution < -0.4 is 4.90 Å². The zero-order valence-electron chi connectivity index (χ0n) is 10.4. The molecule has 0 N–H and O–H groups in total. The van der Waals surface area contributed by atoms with E-state index in [0.29, 0.717) is 6.04 Å². The van der Waals surface area contributed by atoms with Crippen LogP contribution in [-0.2, 0) is 9.53 Å². The second-order valence-corrected chi connectivity index (χ2v) is 5.52. The Morgan fingerprint density at radius 1 is 1.41 bits per heavy atom. The molecule has 0 spiro atoms. The van der Waals surface area contributed by atoms with E-state index >= 15 is 0 Å². The molecule has 0 bridgehead atoms. The molecule has 4 heteroatoms. The highest BCUT2D eigenvalue weighted by molar-refractivity contribution is 7.14. The summed E-state index contributed by atoms with van der Waals surface area (Å²) in [7, 11) is 3.63. The average molecular weight is 253 g/mol. The fraction of sp³-hybridized carbons (Fsp3) is 0.615. The maximum Gasteiger partial charge on any atom is 0.308 e. The monoisotopic (exact) mass is 253 g/mol. The van der Waals surface area contributed by atoms with Gasteiger partial charge in [0.05, 0.1) is 18.0 Å². The van der Waals surface area contributed by atoms with Crippen molar-refractivity contribution in [3.05, 3.63) is 17.5 Å². The predicted octanol–water partition coefficient (Wildman–Crippen LogP) is 2.92. The fourth-order valence-corrected chi connectivity index (χ4v) is 3.29. The molecule has 1 aromatic rings. The summed E-state index contributed by atoms with van der Waals surface area (Å²) in [6.45, 7) is 0. The predicted molar refractivity (Wildman–Crippen MR) is 70.5 cm³/mol. The van der Waals surface area contributed by atoms with Crippen LogP contribution in [0.5, 0.6) is 0 Å². The molecule has 0 atom stereocenters. The molecule has 0 radical (unpaired) electrons. The molecule has 0 aliphatic heterocycles. The number of rotatable bonds is 3. The number of anilines is 1. The van der Waals surface area contributed by atoms with Crippen LogP contribution in [0.4, 0.5) is 5.00 Å². The third-order valence-electron chi connectivity index (χ3n) is 3.63. The van der Waals surface area contributed by atoms with Gasteiger partial charge in [0.25, 0.3) is 0 Å². The second kappa shape index (κ2) is 5.54. The van der Waals surface area contributed by atoms with Gasteiger partial charge in [0, 0.05) is 13.1 Å². The van der Waals surface area contributed by atoms with Crippen molar-refractivity contribution in [3.8, 4) is 0 Å². The van der Waals surface area contributed by atoms with Crippen molar-refractivity contribution in [2.24, 2.45) is 5.92 Å². The van der Waals surface area contributed by atoms with E-state index in [0.717, 1.165) is 25.7 Å². The van der Waals surface area contributed by atoms with E-state index in [4.69, 9.17) is 4.74 Å². The summed E-state index contributed by atoms with van der Waals surface area (Å²) in [5.74, 6) is 0.0789. The largest absolute Gasteiger partial charge is 0.469 e. The third kappa shape index (κ3) is 2.80. The second-order valence-electron chi connectivity index (χ2n) is 4.59. The highest BCUT2D eigenvalue weighted by Gasteiger charge is 2.28. The van der Waals surface area contributed by atoms with Crippen molar-refractivity contribution in [1.82, 2.24) is 0 Å². The molecule has 1 aromatic heterocycles. The zero-order valence-corrected chi connectivity index (χ0v) is 11.2.